The van der Waals surface area contributed by atoms with Gasteiger partial charge in [0.2, 0.25) is 0 Å². The number of aliphatic hydroxyl groups is 1. The van der Waals surface area contributed by atoms with Gasteiger partial charge in [-0.3, -0.25) is 9.59 Å². The van der Waals surface area contributed by atoms with E-state index in [9.17, 15) is 9.59 Å². The first-order valence-corrected chi connectivity index (χ1v) is 6.99. The predicted octanol–water partition coefficient (Wildman–Crippen LogP) is -0.572. The summed E-state index contributed by atoms with van der Waals surface area (Å²) in [5, 5.41) is 12.1. The van der Waals surface area contributed by atoms with Crippen molar-refractivity contribution >= 4 is 11.8 Å². The number of rotatable bonds is 4. The Labute approximate surface area is 114 Å². The maximum atomic E-state index is 12.2. The fourth-order valence-corrected chi connectivity index (χ4v) is 2.14. The molecule has 0 aromatic heterocycles. The molecule has 1 aliphatic heterocycles. The number of amides is 2. The zero-order valence-electron chi connectivity index (χ0n) is 11.9. The third-order valence-corrected chi connectivity index (χ3v) is 3.25. The van der Waals surface area contributed by atoms with Crippen molar-refractivity contribution in [1.29, 1.82) is 0 Å². The fourth-order valence-electron chi connectivity index (χ4n) is 2.14. The Morgan fingerprint density at radius 1 is 1.32 bits per heavy atom. The van der Waals surface area contributed by atoms with Gasteiger partial charge in [-0.15, -0.1) is 0 Å². The highest BCUT2D eigenvalue weighted by Gasteiger charge is 2.28. The Kier molecular flexibility index (Phi) is 6.80. The first-order valence-electron chi connectivity index (χ1n) is 6.99. The lowest BCUT2D eigenvalue weighted by atomic mass is 10.2. The normalized spacial score (nSPS) is 16.3. The third-order valence-electron chi connectivity index (χ3n) is 3.25. The van der Waals surface area contributed by atoms with Crippen molar-refractivity contribution in [3.8, 4) is 0 Å². The van der Waals surface area contributed by atoms with E-state index in [0.29, 0.717) is 26.1 Å². The van der Waals surface area contributed by atoms with Crippen LogP contribution in [0.4, 0.5) is 0 Å². The van der Waals surface area contributed by atoms with E-state index in [2.05, 4.69) is 5.32 Å². The lowest BCUT2D eigenvalue weighted by Gasteiger charge is -2.28. The fraction of sp³-hybridized carbons (Fsp3) is 0.846. The van der Waals surface area contributed by atoms with Gasteiger partial charge in [-0.05, 0) is 33.2 Å². The summed E-state index contributed by atoms with van der Waals surface area (Å²) in [5.74, 6) is -0.874. The van der Waals surface area contributed by atoms with Crippen molar-refractivity contribution in [2.45, 2.75) is 32.7 Å². The Hall–Kier alpha value is -1.14. The van der Waals surface area contributed by atoms with Gasteiger partial charge in [0.1, 0.15) is 0 Å². The summed E-state index contributed by atoms with van der Waals surface area (Å²) in [6.45, 7) is 7.04. The summed E-state index contributed by atoms with van der Waals surface area (Å²) in [7, 11) is 0. The molecule has 19 heavy (non-hydrogen) atoms. The Morgan fingerprint density at radius 3 is 2.68 bits per heavy atom. The molecule has 1 rings (SSSR count). The summed E-state index contributed by atoms with van der Waals surface area (Å²) in [5.41, 5.74) is 0. The number of nitrogens with one attached hydrogen (secondary N) is 1. The van der Waals surface area contributed by atoms with Gasteiger partial charge in [0.05, 0.1) is 0 Å². The SMILES string of the molecule is CC(C)N(CCCO)C(=O)C(=O)N1CCCNCC1. The van der Waals surface area contributed by atoms with E-state index < -0.39 is 11.8 Å². The molecule has 1 aliphatic rings. The predicted molar refractivity (Wildman–Crippen MR) is 72.6 cm³/mol. The van der Waals surface area contributed by atoms with Gasteiger partial charge in [0.15, 0.2) is 0 Å². The minimum absolute atomic E-state index is 0.0261. The Morgan fingerprint density at radius 2 is 2.05 bits per heavy atom. The lowest BCUT2D eigenvalue weighted by Crippen LogP contribution is -2.49. The highest BCUT2D eigenvalue weighted by atomic mass is 16.3. The highest BCUT2D eigenvalue weighted by Crippen LogP contribution is 2.05. The number of nitrogens with zero attached hydrogens (tertiary/aromatic N) is 2. The number of carbonyl (C=O) groups excluding carboxylic acids is 2. The Balaban J connectivity index is 2.63. The number of aliphatic hydroxyl groups excluding tert-OH is 1. The van der Waals surface area contributed by atoms with Gasteiger partial charge in [-0.25, -0.2) is 0 Å². The van der Waals surface area contributed by atoms with Crippen molar-refractivity contribution in [3.63, 3.8) is 0 Å². The number of hydrogen-bond donors (Lipinski definition) is 2. The van der Waals surface area contributed by atoms with E-state index in [4.69, 9.17) is 5.11 Å². The standard InChI is InChI=1S/C13H25N3O3/c1-11(2)16(8-4-10-17)13(19)12(18)15-7-3-5-14-6-9-15/h11,14,17H,3-10H2,1-2H3. The van der Waals surface area contributed by atoms with Crippen LogP contribution in [0.3, 0.4) is 0 Å². The summed E-state index contributed by atoms with van der Waals surface area (Å²) in [4.78, 5) is 27.6. The van der Waals surface area contributed by atoms with Crippen molar-refractivity contribution in [2.24, 2.45) is 0 Å². The molecule has 0 spiro atoms. The van der Waals surface area contributed by atoms with Crippen LogP contribution >= 0.6 is 0 Å². The average Bonchev–Trinajstić information content (AvgIpc) is 2.66. The second-order valence-electron chi connectivity index (χ2n) is 5.07. The smallest absolute Gasteiger partial charge is 0.312 e. The van der Waals surface area contributed by atoms with Crippen LogP contribution in [0, 0.1) is 0 Å². The van der Waals surface area contributed by atoms with Crippen LogP contribution in [0.25, 0.3) is 0 Å². The largest absolute Gasteiger partial charge is 0.396 e. The minimum Gasteiger partial charge on any atom is -0.396 e. The molecule has 0 aliphatic carbocycles. The molecular weight excluding hydrogens is 246 g/mol. The van der Waals surface area contributed by atoms with Crippen LogP contribution in [-0.2, 0) is 9.59 Å². The van der Waals surface area contributed by atoms with E-state index in [1.165, 1.54) is 4.90 Å². The van der Waals surface area contributed by atoms with Gasteiger partial charge in [0.25, 0.3) is 0 Å². The van der Waals surface area contributed by atoms with Gasteiger partial charge in [0, 0.05) is 38.8 Å². The molecule has 0 aromatic carbocycles. The third kappa shape index (κ3) is 4.80. The summed E-state index contributed by atoms with van der Waals surface area (Å²) < 4.78 is 0. The number of hydrogen-bond acceptors (Lipinski definition) is 4. The van der Waals surface area contributed by atoms with Gasteiger partial charge in [-0.1, -0.05) is 0 Å². The molecule has 0 saturated carbocycles. The molecule has 0 atom stereocenters. The van der Waals surface area contributed by atoms with Crippen LogP contribution < -0.4 is 5.32 Å². The zero-order chi connectivity index (χ0) is 14.3. The van der Waals surface area contributed by atoms with Crippen molar-refractivity contribution < 1.29 is 14.7 Å². The quantitative estimate of drug-likeness (QED) is 0.672. The monoisotopic (exact) mass is 271 g/mol. The molecule has 0 radical (unpaired) electrons. The van der Waals surface area contributed by atoms with Crippen molar-refractivity contribution in [3.05, 3.63) is 0 Å². The van der Waals surface area contributed by atoms with Gasteiger partial charge in [-0.2, -0.15) is 0 Å². The molecule has 2 amide bonds. The second-order valence-corrected chi connectivity index (χ2v) is 5.07. The molecule has 6 nitrogen and oxygen atoms in total. The van der Waals surface area contributed by atoms with E-state index in [-0.39, 0.29) is 12.6 Å². The van der Waals surface area contributed by atoms with Crippen LogP contribution in [0.1, 0.15) is 26.7 Å². The average molecular weight is 271 g/mol. The summed E-state index contributed by atoms with van der Waals surface area (Å²) in [6.07, 6.45) is 1.37. The summed E-state index contributed by atoms with van der Waals surface area (Å²) >= 11 is 0. The molecule has 0 unspecified atom stereocenters. The van der Waals surface area contributed by atoms with Gasteiger partial charge < -0.3 is 20.2 Å². The molecule has 2 N–H and O–H groups in total. The van der Waals surface area contributed by atoms with Crippen molar-refractivity contribution in [2.75, 3.05) is 39.3 Å². The maximum Gasteiger partial charge on any atom is 0.312 e. The van der Waals surface area contributed by atoms with Crippen LogP contribution in [0.2, 0.25) is 0 Å². The van der Waals surface area contributed by atoms with Crippen molar-refractivity contribution in [1.82, 2.24) is 15.1 Å². The molecular formula is C13H25N3O3. The molecule has 110 valence electrons. The van der Waals surface area contributed by atoms with E-state index in [0.717, 1.165) is 19.5 Å². The lowest BCUT2D eigenvalue weighted by molar-refractivity contribution is -0.152. The van der Waals surface area contributed by atoms with E-state index in [1.54, 1.807) is 4.90 Å². The minimum atomic E-state index is -0.453. The highest BCUT2D eigenvalue weighted by molar-refractivity contribution is 6.35. The van der Waals surface area contributed by atoms with Crippen LogP contribution in [0.5, 0.6) is 0 Å². The van der Waals surface area contributed by atoms with Crippen LogP contribution in [-0.4, -0.2) is 72.1 Å². The second kappa shape index (κ2) is 8.12. The summed E-state index contributed by atoms with van der Waals surface area (Å²) in [6, 6.07) is -0.0342. The molecule has 0 aromatic rings. The van der Waals surface area contributed by atoms with Crippen LogP contribution in [0.15, 0.2) is 0 Å². The maximum absolute atomic E-state index is 12.2. The molecule has 1 saturated heterocycles. The number of carbonyl (C=O) groups is 2. The zero-order valence-corrected chi connectivity index (χ0v) is 11.9. The molecule has 0 bridgehead atoms. The molecule has 1 heterocycles. The van der Waals surface area contributed by atoms with Gasteiger partial charge >= 0.3 is 11.8 Å². The first-order chi connectivity index (χ1) is 9.07. The topological polar surface area (TPSA) is 72.9 Å². The Bertz CT molecular complexity index is 300. The molecule has 6 heteroatoms. The molecule has 1 fully saturated rings. The first kappa shape index (κ1) is 15.9. The van der Waals surface area contributed by atoms with E-state index in [1.807, 2.05) is 13.8 Å². The van der Waals surface area contributed by atoms with E-state index >= 15 is 0 Å².